The Labute approximate surface area is 109 Å². The van der Waals surface area contributed by atoms with Crippen molar-refractivity contribution >= 4 is 17.7 Å². The van der Waals surface area contributed by atoms with Gasteiger partial charge in [-0.05, 0) is 12.5 Å². The van der Waals surface area contributed by atoms with Crippen LogP contribution in [0, 0.1) is 6.92 Å². The molecule has 5 nitrogen and oxygen atoms in total. The summed E-state index contributed by atoms with van der Waals surface area (Å²) >= 11 is 1.18. The van der Waals surface area contributed by atoms with Crippen molar-refractivity contribution in [2.45, 2.75) is 18.6 Å². The second-order valence-corrected chi connectivity index (χ2v) is 4.86. The highest BCUT2D eigenvalue weighted by Crippen LogP contribution is 2.16. The predicted molar refractivity (Wildman–Crippen MR) is 68.7 cm³/mol. The largest absolute Gasteiger partial charge is 0.481 e. The molecule has 0 aliphatic heterocycles. The predicted octanol–water partition coefficient (Wildman–Crippen LogP) is 1.81. The third kappa shape index (κ3) is 3.33. The number of rotatable bonds is 5. The maximum absolute atomic E-state index is 10.5. The van der Waals surface area contributed by atoms with Crippen LogP contribution in [0.5, 0.6) is 0 Å². The number of aryl methyl sites for hydroxylation is 1. The summed E-state index contributed by atoms with van der Waals surface area (Å²) < 4.78 is 1.85. The van der Waals surface area contributed by atoms with Crippen molar-refractivity contribution in [1.82, 2.24) is 14.8 Å². The van der Waals surface area contributed by atoms with Gasteiger partial charge in [0.15, 0.2) is 5.16 Å². The Bertz CT molecular complexity index is 554. The number of carbonyl (C=O) groups is 1. The molecule has 0 spiro atoms. The molecule has 0 saturated heterocycles. The molecule has 1 aromatic carbocycles. The first-order valence-electron chi connectivity index (χ1n) is 5.43. The summed E-state index contributed by atoms with van der Waals surface area (Å²) in [4.78, 5) is 10.5. The molecule has 0 fully saturated rings. The molecule has 0 atom stereocenters. The lowest BCUT2D eigenvalue weighted by atomic mass is 10.1. The summed E-state index contributed by atoms with van der Waals surface area (Å²) in [6.45, 7) is 2.69. The number of carboxylic acids is 1. The average molecular weight is 263 g/mol. The van der Waals surface area contributed by atoms with Crippen LogP contribution in [0.15, 0.2) is 35.7 Å². The van der Waals surface area contributed by atoms with Gasteiger partial charge in [0, 0.05) is 0 Å². The van der Waals surface area contributed by atoms with Crippen LogP contribution in [0.4, 0.5) is 0 Å². The van der Waals surface area contributed by atoms with Crippen molar-refractivity contribution in [1.29, 1.82) is 0 Å². The lowest BCUT2D eigenvalue weighted by Crippen LogP contribution is -2.03. The molecule has 0 unspecified atom stereocenters. The topological polar surface area (TPSA) is 68.0 Å². The van der Waals surface area contributed by atoms with Crippen LogP contribution in [0.25, 0.3) is 0 Å². The number of thioether (sulfide) groups is 1. The Kier molecular flexibility index (Phi) is 3.99. The van der Waals surface area contributed by atoms with Crippen molar-refractivity contribution in [2.75, 3.05) is 5.75 Å². The highest BCUT2D eigenvalue weighted by Gasteiger charge is 2.08. The zero-order valence-electron chi connectivity index (χ0n) is 9.91. The highest BCUT2D eigenvalue weighted by atomic mass is 32.2. The SMILES string of the molecule is Cc1cccc(Cn2cnnc2SCC(=O)O)c1. The first-order valence-corrected chi connectivity index (χ1v) is 6.41. The number of nitrogens with zero attached hydrogens (tertiary/aromatic N) is 3. The maximum Gasteiger partial charge on any atom is 0.313 e. The molecule has 1 N–H and O–H groups in total. The van der Waals surface area contributed by atoms with Crippen LogP contribution in [-0.4, -0.2) is 31.6 Å². The Hall–Kier alpha value is -1.82. The van der Waals surface area contributed by atoms with Gasteiger partial charge in [-0.25, -0.2) is 0 Å². The monoisotopic (exact) mass is 263 g/mol. The van der Waals surface area contributed by atoms with Crippen LogP contribution in [0.2, 0.25) is 0 Å². The number of carboxylic acid groups (broad SMARTS) is 1. The van der Waals surface area contributed by atoms with Gasteiger partial charge in [0.25, 0.3) is 0 Å². The van der Waals surface area contributed by atoms with E-state index in [2.05, 4.69) is 16.3 Å². The van der Waals surface area contributed by atoms with Gasteiger partial charge in [0.05, 0.1) is 12.3 Å². The third-order valence-electron chi connectivity index (χ3n) is 2.34. The quantitative estimate of drug-likeness (QED) is 0.833. The first kappa shape index (κ1) is 12.6. The van der Waals surface area contributed by atoms with E-state index in [-0.39, 0.29) is 5.75 Å². The van der Waals surface area contributed by atoms with Crippen LogP contribution in [0.3, 0.4) is 0 Å². The summed E-state index contributed by atoms with van der Waals surface area (Å²) in [6.07, 6.45) is 1.62. The molecule has 18 heavy (non-hydrogen) atoms. The van der Waals surface area contributed by atoms with E-state index < -0.39 is 5.97 Å². The van der Waals surface area contributed by atoms with Gasteiger partial charge >= 0.3 is 5.97 Å². The fourth-order valence-electron chi connectivity index (χ4n) is 1.60. The summed E-state index contributed by atoms with van der Waals surface area (Å²) in [5.74, 6) is -0.864. The summed E-state index contributed by atoms with van der Waals surface area (Å²) in [7, 11) is 0. The lowest BCUT2D eigenvalue weighted by molar-refractivity contribution is -0.133. The number of benzene rings is 1. The fourth-order valence-corrected chi connectivity index (χ4v) is 2.23. The minimum Gasteiger partial charge on any atom is -0.481 e. The molecule has 0 bridgehead atoms. The van der Waals surface area contributed by atoms with Crippen LogP contribution in [-0.2, 0) is 11.3 Å². The standard InChI is InChI=1S/C12H13N3O2S/c1-9-3-2-4-10(5-9)6-15-8-13-14-12(15)18-7-11(16)17/h2-5,8H,6-7H2,1H3,(H,16,17). The van der Waals surface area contributed by atoms with Crippen molar-refractivity contribution in [3.8, 4) is 0 Å². The normalized spacial score (nSPS) is 10.5. The van der Waals surface area contributed by atoms with Gasteiger partial charge in [0.1, 0.15) is 6.33 Å². The molecule has 6 heteroatoms. The van der Waals surface area contributed by atoms with E-state index in [1.807, 2.05) is 29.7 Å². The Morgan fingerprint density at radius 3 is 3.06 bits per heavy atom. The molecule has 2 rings (SSSR count). The van der Waals surface area contributed by atoms with Crippen molar-refractivity contribution in [3.63, 3.8) is 0 Å². The zero-order chi connectivity index (χ0) is 13.0. The number of aromatic nitrogens is 3. The Balaban J connectivity index is 2.10. The first-order chi connectivity index (χ1) is 8.65. The van der Waals surface area contributed by atoms with Crippen molar-refractivity contribution in [2.24, 2.45) is 0 Å². The second kappa shape index (κ2) is 5.68. The smallest absolute Gasteiger partial charge is 0.313 e. The van der Waals surface area contributed by atoms with E-state index in [1.54, 1.807) is 6.33 Å². The Morgan fingerprint density at radius 2 is 2.33 bits per heavy atom. The number of hydrogen-bond acceptors (Lipinski definition) is 4. The zero-order valence-corrected chi connectivity index (χ0v) is 10.7. The van der Waals surface area contributed by atoms with E-state index in [1.165, 1.54) is 17.3 Å². The van der Waals surface area contributed by atoms with Crippen molar-refractivity contribution in [3.05, 3.63) is 41.7 Å². The van der Waals surface area contributed by atoms with Gasteiger partial charge in [0.2, 0.25) is 0 Å². The second-order valence-electron chi connectivity index (χ2n) is 3.91. The molecular weight excluding hydrogens is 250 g/mol. The van der Waals surface area contributed by atoms with Crippen molar-refractivity contribution < 1.29 is 9.90 Å². The summed E-state index contributed by atoms with van der Waals surface area (Å²) in [5, 5.41) is 17.0. The lowest BCUT2D eigenvalue weighted by Gasteiger charge is -2.06. The summed E-state index contributed by atoms with van der Waals surface area (Å²) in [5.41, 5.74) is 2.34. The van der Waals surface area contributed by atoms with Crippen LogP contribution >= 0.6 is 11.8 Å². The van der Waals surface area contributed by atoms with Gasteiger partial charge in [-0.1, -0.05) is 41.6 Å². The average Bonchev–Trinajstić information content (AvgIpc) is 2.74. The van der Waals surface area contributed by atoms with E-state index >= 15 is 0 Å². The Morgan fingerprint density at radius 1 is 1.50 bits per heavy atom. The third-order valence-corrected chi connectivity index (χ3v) is 3.31. The van der Waals surface area contributed by atoms with E-state index in [0.717, 1.165) is 5.56 Å². The summed E-state index contributed by atoms with van der Waals surface area (Å²) in [6, 6.07) is 8.15. The van der Waals surface area contributed by atoms with E-state index in [4.69, 9.17) is 5.11 Å². The van der Waals surface area contributed by atoms with Gasteiger partial charge in [-0.15, -0.1) is 10.2 Å². The van der Waals surface area contributed by atoms with E-state index in [9.17, 15) is 4.79 Å². The van der Waals surface area contributed by atoms with Gasteiger partial charge < -0.3 is 9.67 Å². The van der Waals surface area contributed by atoms with Gasteiger partial charge in [-0.3, -0.25) is 4.79 Å². The maximum atomic E-state index is 10.5. The number of hydrogen-bond donors (Lipinski definition) is 1. The molecule has 94 valence electrons. The molecule has 0 aliphatic rings. The molecule has 2 aromatic rings. The van der Waals surface area contributed by atoms with Crippen LogP contribution < -0.4 is 0 Å². The molecule has 0 radical (unpaired) electrons. The fraction of sp³-hybridized carbons (Fsp3) is 0.250. The minimum atomic E-state index is -0.856. The molecule has 0 aliphatic carbocycles. The molecule has 0 saturated carbocycles. The van der Waals surface area contributed by atoms with Crippen LogP contribution in [0.1, 0.15) is 11.1 Å². The molecule has 1 aromatic heterocycles. The number of aliphatic carboxylic acids is 1. The molecular formula is C12H13N3O2S. The van der Waals surface area contributed by atoms with Gasteiger partial charge in [-0.2, -0.15) is 0 Å². The van der Waals surface area contributed by atoms with E-state index in [0.29, 0.717) is 11.7 Å². The molecule has 0 amide bonds. The minimum absolute atomic E-state index is 0.00743. The highest BCUT2D eigenvalue weighted by molar-refractivity contribution is 7.99. The molecule has 1 heterocycles.